The summed E-state index contributed by atoms with van der Waals surface area (Å²) in [5.41, 5.74) is 1.20. The molecule has 0 bridgehead atoms. The summed E-state index contributed by atoms with van der Waals surface area (Å²) in [5, 5.41) is 8.87. The topological polar surface area (TPSA) is 57.6 Å². The molecule has 1 amide bonds. The lowest BCUT2D eigenvalue weighted by Crippen LogP contribution is -2.35. The van der Waals surface area contributed by atoms with E-state index in [1.807, 2.05) is 0 Å². The van der Waals surface area contributed by atoms with Gasteiger partial charge in [0.05, 0.1) is 5.56 Å². The van der Waals surface area contributed by atoms with Gasteiger partial charge in [-0.3, -0.25) is 4.79 Å². The van der Waals surface area contributed by atoms with Gasteiger partial charge < -0.3 is 10.0 Å². The van der Waals surface area contributed by atoms with Crippen LogP contribution in [0, 0.1) is 11.8 Å². The second-order valence-corrected chi connectivity index (χ2v) is 5.84. The molecule has 1 aromatic carbocycles. The first-order chi connectivity index (χ1) is 9.86. The van der Waals surface area contributed by atoms with E-state index in [0.717, 1.165) is 18.4 Å². The summed E-state index contributed by atoms with van der Waals surface area (Å²) in [7, 11) is 1.80. The van der Waals surface area contributed by atoms with Crippen LogP contribution in [0.15, 0.2) is 24.3 Å². The zero-order valence-electron chi connectivity index (χ0n) is 13.3. The van der Waals surface area contributed by atoms with Crippen molar-refractivity contribution in [2.75, 3.05) is 7.05 Å². The minimum atomic E-state index is -0.936. The van der Waals surface area contributed by atoms with Crippen LogP contribution in [0.1, 0.15) is 49.5 Å². The van der Waals surface area contributed by atoms with Crippen LogP contribution in [-0.4, -0.2) is 28.9 Å². The van der Waals surface area contributed by atoms with E-state index in [1.54, 1.807) is 36.2 Å². The molecule has 116 valence electrons. The molecule has 0 saturated carbocycles. The van der Waals surface area contributed by atoms with E-state index in [0.29, 0.717) is 12.5 Å². The normalized spacial score (nSPS) is 12.2. The van der Waals surface area contributed by atoms with Crippen LogP contribution in [0.4, 0.5) is 0 Å². The van der Waals surface area contributed by atoms with Crippen LogP contribution in [0.2, 0.25) is 0 Å². The van der Waals surface area contributed by atoms with Crippen molar-refractivity contribution >= 4 is 11.9 Å². The summed E-state index contributed by atoms with van der Waals surface area (Å²) in [6.07, 6.45) is 1.90. The van der Waals surface area contributed by atoms with Crippen molar-refractivity contribution in [2.45, 2.75) is 40.2 Å². The monoisotopic (exact) mass is 291 g/mol. The summed E-state index contributed by atoms with van der Waals surface area (Å²) in [6.45, 7) is 6.75. The SMILES string of the molecule is CCCC(C(=O)N(C)Cc1ccc(C(=O)O)cc1)C(C)C. The largest absolute Gasteiger partial charge is 0.478 e. The highest BCUT2D eigenvalue weighted by molar-refractivity contribution is 5.87. The molecule has 0 aromatic heterocycles. The maximum Gasteiger partial charge on any atom is 0.335 e. The molecule has 1 unspecified atom stereocenters. The van der Waals surface area contributed by atoms with Gasteiger partial charge in [-0.15, -0.1) is 0 Å². The molecule has 1 aromatic rings. The first kappa shape index (κ1) is 17.2. The van der Waals surface area contributed by atoms with Crippen LogP contribution < -0.4 is 0 Å². The number of carboxylic acid groups (broad SMARTS) is 1. The van der Waals surface area contributed by atoms with E-state index < -0.39 is 5.97 Å². The Hall–Kier alpha value is -1.84. The Kier molecular flexibility index (Phi) is 6.40. The van der Waals surface area contributed by atoms with Gasteiger partial charge in [-0.05, 0) is 30.0 Å². The lowest BCUT2D eigenvalue weighted by Gasteiger charge is -2.26. The number of carbonyl (C=O) groups is 2. The van der Waals surface area contributed by atoms with Crippen molar-refractivity contribution in [3.63, 3.8) is 0 Å². The molecule has 0 aliphatic carbocycles. The third-order valence-electron chi connectivity index (χ3n) is 3.72. The van der Waals surface area contributed by atoms with E-state index >= 15 is 0 Å². The van der Waals surface area contributed by atoms with Crippen molar-refractivity contribution in [3.05, 3.63) is 35.4 Å². The maximum atomic E-state index is 12.5. The van der Waals surface area contributed by atoms with E-state index in [4.69, 9.17) is 5.11 Å². The number of aromatic carboxylic acids is 1. The first-order valence-electron chi connectivity index (χ1n) is 7.44. The summed E-state index contributed by atoms with van der Waals surface area (Å²) in [6, 6.07) is 6.67. The Morgan fingerprint density at radius 3 is 2.19 bits per heavy atom. The Morgan fingerprint density at radius 1 is 1.19 bits per heavy atom. The van der Waals surface area contributed by atoms with E-state index in [2.05, 4.69) is 20.8 Å². The standard InChI is InChI=1S/C17H25NO3/c1-5-6-15(12(2)3)16(19)18(4)11-13-7-9-14(10-8-13)17(20)21/h7-10,12,15H,5-6,11H2,1-4H3,(H,20,21). The Balaban J connectivity index is 2.72. The lowest BCUT2D eigenvalue weighted by molar-refractivity contribution is -0.136. The zero-order chi connectivity index (χ0) is 16.0. The van der Waals surface area contributed by atoms with Gasteiger partial charge in [-0.25, -0.2) is 4.79 Å². The molecule has 1 N–H and O–H groups in total. The number of nitrogens with zero attached hydrogens (tertiary/aromatic N) is 1. The third kappa shape index (κ3) is 4.88. The molecule has 21 heavy (non-hydrogen) atoms. The molecule has 0 aliphatic rings. The lowest BCUT2D eigenvalue weighted by atomic mass is 9.90. The van der Waals surface area contributed by atoms with Crippen LogP contribution in [0.3, 0.4) is 0 Å². The number of hydrogen-bond acceptors (Lipinski definition) is 2. The molecule has 4 nitrogen and oxygen atoms in total. The highest BCUT2D eigenvalue weighted by Crippen LogP contribution is 2.20. The molecule has 4 heteroatoms. The number of benzene rings is 1. The third-order valence-corrected chi connectivity index (χ3v) is 3.72. The first-order valence-corrected chi connectivity index (χ1v) is 7.44. The van der Waals surface area contributed by atoms with Gasteiger partial charge in [0.25, 0.3) is 0 Å². The summed E-state index contributed by atoms with van der Waals surface area (Å²) in [5.74, 6) is -0.393. The maximum absolute atomic E-state index is 12.5. The molecule has 0 aliphatic heterocycles. The minimum absolute atomic E-state index is 0.0540. The van der Waals surface area contributed by atoms with Crippen LogP contribution >= 0.6 is 0 Å². The Bertz CT molecular complexity index is 479. The number of rotatable bonds is 7. The fraction of sp³-hybridized carbons (Fsp3) is 0.529. The highest BCUT2D eigenvalue weighted by Gasteiger charge is 2.24. The Labute approximate surface area is 126 Å². The fourth-order valence-corrected chi connectivity index (χ4v) is 2.44. The van der Waals surface area contributed by atoms with Gasteiger partial charge in [0.15, 0.2) is 0 Å². The average molecular weight is 291 g/mol. The summed E-state index contributed by atoms with van der Waals surface area (Å²) in [4.78, 5) is 25.0. The van der Waals surface area contributed by atoms with Crippen LogP contribution in [0.25, 0.3) is 0 Å². The van der Waals surface area contributed by atoms with Crippen molar-refractivity contribution in [1.29, 1.82) is 0 Å². The molecule has 0 spiro atoms. The van der Waals surface area contributed by atoms with Gasteiger partial charge in [0, 0.05) is 19.5 Å². The predicted molar refractivity (Wildman–Crippen MR) is 83.1 cm³/mol. The predicted octanol–water partition coefficient (Wildman–Crippen LogP) is 3.42. The second-order valence-electron chi connectivity index (χ2n) is 5.84. The average Bonchev–Trinajstić information content (AvgIpc) is 2.44. The van der Waals surface area contributed by atoms with Gasteiger partial charge >= 0.3 is 5.97 Å². The summed E-state index contributed by atoms with van der Waals surface area (Å²) < 4.78 is 0. The van der Waals surface area contributed by atoms with Crippen LogP contribution in [-0.2, 0) is 11.3 Å². The molecular weight excluding hydrogens is 266 g/mol. The molecule has 1 atom stereocenters. The Morgan fingerprint density at radius 2 is 1.76 bits per heavy atom. The zero-order valence-corrected chi connectivity index (χ0v) is 13.3. The highest BCUT2D eigenvalue weighted by atomic mass is 16.4. The number of hydrogen-bond donors (Lipinski definition) is 1. The van der Waals surface area contributed by atoms with Crippen LogP contribution in [0.5, 0.6) is 0 Å². The van der Waals surface area contributed by atoms with Gasteiger partial charge in [-0.2, -0.15) is 0 Å². The number of carbonyl (C=O) groups excluding carboxylic acids is 1. The van der Waals surface area contributed by atoms with E-state index in [9.17, 15) is 9.59 Å². The smallest absolute Gasteiger partial charge is 0.335 e. The molecule has 0 saturated heterocycles. The van der Waals surface area contributed by atoms with Crippen molar-refractivity contribution in [2.24, 2.45) is 11.8 Å². The molecule has 0 radical (unpaired) electrons. The fourth-order valence-electron chi connectivity index (χ4n) is 2.44. The minimum Gasteiger partial charge on any atom is -0.478 e. The van der Waals surface area contributed by atoms with E-state index in [1.165, 1.54) is 0 Å². The number of amides is 1. The van der Waals surface area contributed by atoms with Crippen molar-refractivity contribution in [3.8, 4) is 0 Å². The van der Waals surface area contributed by atoms with Gasteiger partial charge in [0.1, 0.15) is 0 Å². The van der Waals surface area contributed by atoms with Gasteiger partial charge in [0.2, 0.25) is 5.91 Å². The van der Waals surface area contributed by atoms with Gasteiger partial charge in [-0.1, -0.05) is 39.3 Å². The summed E-state index contributed by atoms with van der Waals surface area (Å²) >= 11 is 0. The second kappa shape index (κ2) is 7.81. The molecule has 0 fully saturated rings. The van der Waals surface area contributed by atoms with E-state index in [-0.39, 0.29) is 17.4 Å². The molecular formula is C17H25NO3. The quantitative estimate of drug-likeness (QED) is 0.837. The van der Waals surface area contributed by atoms with Crippen molar-refractivity contribution in [1.82, 2.24) is 4.90 Å². The number of carboxylic acids is 1. The molecule has 1 rings (SSSR count). The molecule has 0 heterocycles. The van der Waals surface area contributed by atoms with Crippen molar-refractivity contribution < 1.29 is 14.7 Å².